The van der Waals surface area contributed by atoms with Gasteiger partial charge in [-0.2, -0.15) is 4.31 Å². The van der Waals surface area contributed by atoms with Crippen LogP contribution in [0.2, 0.25) is 10.0 Å². The van der Waals surface area contributed by atoms with Crippen LogP contribution in [0.5, 0.6) is 0 Å². The molecule has 4 rings (SSSR count). The molecule has 0 aromatic heterocycles. The molecule has 154 valence electrons. The maximum Gasteiger partial charge on any atom is 0.255 e. The highest BCUT2D eigenvalue weighted by atomic mass is 35.5. The van der Waals surface area contributed by atoms with Gasteiger partial charge in [0.2, 0.25) is 10.0 Å². The largest absolute Gasteiger partial charge is 0.321 e. The molecule has 3 aromatic rings. The van der Waals surface area contributed by atoms with Gasteiger partial charge in [0.05, 0.1) is 15.6 Å². The highest BCUT2D eigenvalue weighted by Gasteiger charge is 2.28. The quantitative estimate of drug-likeness (QED) is 0.595. The van der Waals surface area contributed by atoms with Crippen LogP contribution in [0.4, 0.5) is 5.69 Å². The van der Waals surface area contributed by atoms with E-state index in [1.807, 2.05) is 24.3 Å². The molecule has 0 spiro atoms. The fourth-order valence-electron chi connectivity index (χ4n) is 3.41. The highest BCUT2D eigenvalue weighted by Crippen LogP contribution is 2.27. The molecule has 30 heavy (non-hydrogen) atoms. The third-order valence-corrected chi connectivity index (χ3v) is 7.41. The predicted octanol–water partition coefficient (Wildman–Crippen LogP) is 4.99. The fourth-order valence-corrected chi connectivity index (χ4v) is 5.21. The minimum Gasteiger partial charge on any atom is -0.321 e. The number of amides is 1. The lowest BCUT2D eigenvalue weighted by atomic mass is 10.0. The lowest BCUT2D eigenvalue weighted by Gasteiger charge is -2.28. The number of nitrogens with one attached hydrogen (secondary N) is 1. The summed E-state index contributed by atoms with van der Waals surface area (Å²) < 4.78 is 27.8. The van der Waals surface area contributed by atoms with Gasteiger partial charge in [0.1, 0.15) is 0 Å². The number of sulfonamides is 1. The zero-order valence-corrected chi connectivity index (χ0v) is 18.1. The molecule has 0 bridgehead atoms. The Labute approximate surface area is 185 Å². The van der Waals surface area contributed by atoms with Crippen LogP contribution in [-0.4, -0.2) is 25.2 Å². The maximum atomic E-state index is 13.2. The normalized spacial score (nSPS) is 14.2. The van der Waals surface area contributed by atoms with Crippen LogP contribution in [0.25, 0.3) is 0 Å². The van der Waals surface area contributed by atoms with Gasteiger partial charge < -0.3 is 5.32 Å². The minimum absolute atomic E-state index is 0.0757. The average molecular weight is 461 g/mol. The van der Waals surface area contributed by atoms with E-state index in [4.69, 9.17) is 23.2 Å². The lowest BCUT2D eigenvalue weighted by Crippen LogP contribution is -2.36. The number of benzene rings is 3. The van der Waals surface area contributed by atoms with Crippen molar-refractivity contribution in [1.29, 1.82) is 0 Å². The molecule has 0 atom stereocenters. The summed E-state index contributed by atoms with van der Waals surface area (Å²) in [7, 11) is -3.74. The van der Waals surface area contributed by atoms with E-state index in [1.54, 1.807) is 24.3 Å². The van der Waals surface area contributed by atoms with Crippen molar-refractivity contribution in [3.63, 3.8) is 0 Å². The van der Waals surface area contributed by atoms with E-state index in [9.17, 15) is 13.2 Å². The average Bonchev–Trinajstić information content (AvgIpc) is 2.76. The summed E-state index contributed by atoms with van der Waals surface area (Å²) in [5.74, 6) is -0.472. The zero-order valence-electron chi connectivity index (χ0n) is 15.8. The van der Waals surface area contributed by atoms with Crippen LogP contribution in [0.3, 0.4) is 0 Å². The van der Waals surface area contributed by atoms with Crippen LogP contribution >= 0.6 is 23.2 Å². The van der Waals surface area contributed by atoms with Crippen LogP contribution in [-0.2, 0) is 23.0 Å². The molecule has 0 saturated carbocycles. The summed E-state index contributed by atoms with van der Waals surface area (Å²) >= 11 is 12.1. The molecule has 1 heterocycles. The number of rotatable bonds is 4. The highest BCUT2D eigenvalue weighted by molar-refractivity contribution is 7.89. The number of hydrogen-bond acceptors (Lipinski definition) is 3. The van der Waals surface area contributed by atoms with Crippen molar-refractivity contribution in [2.24, 2.45) is 0 Å². The van der Waals surface area contributed by atoms with Crippen molar-refractivity contribution in [3.05, 3.63) is 93.5 Å². The molecule has 1 N–H and O–H groups in total. The van der Waals surface area contributed by atoms with Crippen LogP contribution in [0.1, 0.15) is 21.5 Å². The van der Waals surface area contributed by atoms with E-state index in [1.165, 1.54) is 22.5 Å². The molecule has 0 unspecified atom stereocenters. The van der Waals surface area contributed by atoms with Gasteiger partial charge in [-0.05, 0) is 53.9 Å². The van der Waals surface area contributed by atoms with Crippen molar-refractivity contribution >= 4 is 44.8 Å². The first kappa shape index (κ1) is 20.9. The topological polar surface area (TPSA) is 66.5 Å². The predicted molar refractivity (Wildman–Crippen MR) is 119 cm³/mol. The molecule has 3 aromatic carbocycles. The van der Waals surface area contributed by atoms with E-state index in [2.05, 4.69) is 5.32 Å². The summed E-state index contributed by atoms with van der Waals surface area (Å²) in [4.78, 5) is 12.8. The maximum absolute atomic E-state index is 13.2. The van der Waals surface area contributed by atoms with Gasteiger partial charge in [-0.3, -0.25) is 4.79 Å². The summed E-state index contributed by atoms with van der Waals surface area (Å²) in [6.07, 6.45) is 0.656. The smallest absolute Gasteiger partial charge is 0.255 e. The number of fused-ring (bicyclic) bond motifs is 1. The molecule has 5 nitrogen and oxygen atoms in total. The monoisotopic (exact) mass is 460 g/mol. The van der Waals surface area contributed by atoms with Crippen molar-refractivity contribution in [1.82, 2.24) is 4.31 Å². The standard InChI is InChI=1S/C22H18Cl2N2O3S/c23-18-8-9-20(24)21(13-18)25-22(27)16-6-3-7-19(12-16)30(28,29)26-11-10-15-4-1-2-5-17(15)14-26/h1-9,12-13H,10-11,14H2,(H,25,27). The Balaban J connectivity index is 1.58. The van der Waals surface area contributed by atoms with E-state index < -0.39 is 15.9 Å². The van der Waals surface area contributed by atoms with Crippen LogP contribution in [0.15, 0.2) is 71.6 Å². The van der Waals surface area contributed by atoms with Gasteiger partial charge in [0.15, 0.2) is 0 Å². The molecule has 0 saturated heterocycles. The molecular formula is C22H18Cl2N2O3S. The molecule has 1 aliphatic rings. The first-order chi connectivity index (χ1) is 14.3. The van der Waals surface area contributed by atoms with E-state index in [0.29, 0.717) is 35.2 Å². The van der Waals surface area contributed by atoms with E-state index in [0.717, 1.165) is 11.1 Å². The molecule has 0 radical (unpaired) electrons. The van der Waals surface area contributed by atoms with Crippen molar-refractivity contribution < 1.29 is 13.2 Å². The molecule has 0 fully saturated rings. The van der Waals surface area contributed by atoms with Crippen LogP contribution in [0, 0.1) is 0 Å². The first-order valence-corrected chi connectivity index (χ1v) is 11.5. The molecule has 1 aliphatic heterocycles. The van der Waals surface area contributed by atoms with Gasteiger partial charge in [0, 0.05) is 23.7 Å². The Bertz CT molecular complexity index is 1230. The zero-order chi connectivity index (χ0) is 21.3. The summed E-state index contributed by atoms with van der Waals surface area (Å²) in [6, 6.07) is 18.5. The molecule has 0 aliphatic carbocycles. The van der Waals surface area contributed by atoms with Crippen molar-refractivity contribution in [2.45, 2.75) is 17.9 Å². The van der Waals surface area contributed by atoms with Gasteiger partial charge in [-0.25, -0.2) is 8.42 Å². The van der Waals surface area contributed by atoms with Gasteiger partial charge >= 0.3 is 0 Å². The van der Waals surface area contributed by atoms with Crippen molar-refractivity contribution in [3.8, 4) is 0 Å². The third-order valence-electron chi connectivity index (χ3n) is 5.01. The second-order valence-corrected chi connectivity index (χ2v) is 9.74. The molecule has 8 heteroatoms. The Morgan fingerprint density at radius 1 is 0.933 bits per heavy atom. The first-order valence-electron chi connectivity index (χ1n) is 9.28. The minimum atomic E-state index is -3.74. The third kappa shape index (κ3) is 4.23. The summed E-state index contributed by atoms with van der Waals surface area (Å²) in [6.45, 7) is 0.709. The fraction of sp³-hybridized carbons (Fsp3) is 0.136. The summed E-state index contributed by atoms with van der Waals surface area (Å²) in [5, 5.41) is 3.44. The number of hydrogen-bond donors (Lipinski definition) is 1. The number of anilines is 1. The SMILES string of the molecule is O=C(Nc1cc(Cl)ccc1Cl)c1cccc(S(=O)(=O)N2CCc3ccccc3C2)c1. The second-order valence-electron chi connectivity index (χ2n) is 6.96. The van der Waals surface area contributed by atoms with E-state index >= 15 is 0 Å². The number of carbonyl (C=O) groups is 1. The van der Waals surface area contributed by atoms with Crippen molar-refractivity contribution in [2.75, 3.05) is 11.9 Å². The van der Waals surface area contributed by atoms with Gasteiger partial charge in [-0.15, -0.1) is 0 Å². The Morgan fingerprint density at radius 2 is 1.70 bits per heavy atom. The van der Waals surface area contributed by atoms with E-state index in [-0.39, 0.29) is 10.5 Å². The Morgan fingerprint density at radius 3 is 2.50 bits per heavy atom. The Hall–Kier alpha value is -2.38. The second kappa shape index (κ2) is 8.40. The molecular weight excluding hydrogens is 443 g/mol. The van der Waals surface area contributed by atoms with Gasteiger partial charge in [0.25, 0.3) is 5.91 Å². The lowest BCUT2D eigenvalue weighted by molar-refractivity contribution is 0.102. The number of carbonyl (C=O) groups excluding carboxylic acids is 1. The van der Waals surface area contributed by atoms with Gasteiger partial charge in [-0.1, -0.05) is 53.5 Å². The molecule has 1 amide bonds. The summed E-state index contributed by atoms with van der Waals surface area (Å²) in [5.41, 5.74) is 2.73. The van der Waals surface area contributed by atoms with Crippen LogP contribution < -0.4 is 5.32 Å². The Kier molecular flexibility index (Phi) is 5.84. The number of nitrogens with zero attached hydrogens (tertiary/aromatic N) is 1. The number of halogens is 2.